The molecule has 0 aliphatic heterocycles. The molecular weight excluding hydrogens is 300 g/mol. The van der Waals surface area contributed by atoms with E-state index < -0.39 is 0 Å². The van der Waals surface area contributed by atoms with E-state index in [2.05, 4.69) is 13.0 Å². The van der Waals surface area contributed by atoms with Crippen LogP contribution in [0.5, 0.6) is 11.5 Å². The molecule has 2 bridgehead atoms. The lowest BCUT2D eigenvalue weighted by atomic mass is 9.70. The number of fused-ring (bicyclic) bond motifs is 5. The van der Waals surface area contributed by atoms with Gasteiger partial charge in [-0.3, -0.25) is 4.98 Å². The Kier molecular flexibility index (Phi) is 3.63. The first kappa shape index (κ1) is 15.3. The third-order valence-electron chi connectivity index (χ3n) is 5.53. The second-order valence-electron chi connectivity index (χ2n) is 6.89. The Balaban J connectivity index is 1.91. The highest BCUT2D eigenvalue weighted by Crippen LogP contribution is 2.48. The number of hydrogen-bond acceptors (Lipinski definition) is 4. The van der Waals surface area contributed by atoms with E-state index in [9.17, 15) is 0 Å². The molecule has 0 amide bonds. The average molecular weight is 324 g/mol. The van der Waals surface area contributed by atoms with Crippen LogP contribution in [0.3, 0.4) is 0 Å². The number of pyridine rings is 1. The van der Waals surface area contributed by atoms with Crippen molar-refractivity contribution < 1.29 is 9.47 Å². The summed E-state index contributed by atoms with van der Waals surface area (Å²) in [5.74, 6) is 2.50. The lowest BCUT2D eigenvalue weighted by Gasteiger charge is -2.36. The van der Waals surface area contributed by atoms with E-state index >= 15 is 0 Å². The third kappa shape index (κ3) is 2.24. The van der Waals surface area contributed by atoms with Crippen molar-refractivity contribution in [3.05, 3.63) is 35.0 Å². The van der Waals surface area contributed by atoms with Crippen molar-refractivity contribution in [3.63, 3.8) is 0 Å². The fourth-order valence-corrected chi connectivity index (χ4v) is 4.40. The van der Waals surface area contributed by atoms with Crippen molar-refractivity contribution in [2.75, 3.05) is 20.0 Å². The van der Waals surface area contributed by atoms with Gasteiger partial charge in [-0.1, -0.05) is 18.6 Å². The molecule has 24 heavy (non-hydrogen) atoms. The molecule has 2 aliphatic carbocycles. The number of nitrogen functional groups attached to an aromatic ring is 1. The second kappa shape index (κ2) is 5.69. The van der Waals surface area contributed by atoms with Gasteiger partial charge in [-0.25, -0.2) is 0 Å². The molecule has 0 fully saturated rings. The standard InChI is InChI=1S/C20H24N2O2/c1-4-11-5-12-7-13(6-11)19-16(8-12)22-15-10-18(24-3)17(23-2)9-14(15)20(19)21/h5,9-10,12-13H,4,6-8H2,1-3H3,(H2,21,22). The van der Waals surface area contributed by atoms with Crippen LogP contribution in [0.1, 0.15) is 43.4 Å². The van der Waals surface area contributed by atoms with Gasteiger partial charge in [0.25, 0.3) is 0 Å². The predicted molar refractivity (Wildman–Crippen MR) is 96.8 cm³/mol. The summed E-state index contributed by atoms with van der Waals surface area (Å²) in [5, 5.41) is 0.970. The van der Waals surface area contributed by atoms with Gasteiger partial charge in [-0.05, 0) is 43.6 Å². The number of nitrogens with zero attached hydrogens (tertiary/aromatic N) is 1. The van der Waals surface area contributed by atoms with E-state index in [1.807, 2.05) is 12.1 Å². The Morgan fingerprint density at radius 3 is 2.62 bits per heavy atom. The Morgan fingerprint density at radius 1 is 1.17 bits per heavy atom. The number of hydrogen-bond donors (Lipinski definition) is 1. The van der Waals surface area contributed by atoms with Crippen LogP contribution < -0.4 is 15.2 Å². The molecular formula is C20H24N2O2. The van der Waals surface area contributed by atoms with E-state index in [1.54, 1.807) is 19.8 Å². The zero-order chi connectivity index (χ0) is 16.8. The number of anilines is 1. The molecule has 1 aromatic carbocycles. The van der Waals surface area contributed by atoms with E-state index in [1.165, 1.54) is 17.7 Å². The average Bonchev–Trinajstić information content (AvgIpc) is 2.60. The molecule has 4 rings (SSSR count). The van der Waals surface area contributed by atoms with Crippen LogP contribution >= 0.6 is 0 Å². The number of methoxy groups -OCH3 is 2. The van der Waals surface area contributed by atoms with Crippen LogP contribution in [0.2, 0.25) is 0 Å². The summed E-state index contributed by atoms with van der Waals surface area (Å²) in [6.07, 6.45) is 6.90. The number of allylic oxidation sites excluding steroid dienone is 2. The van der Waals surface area contributed by atoms with E-state index in [0.29, 0.717) is 23.3 Å². The van der Waals surface area contributed by atoms with Crippen molar-refractivity contribution >= 4 is 16.6 Å². The lowest BCUT2D eigenvalue weighted by molar-refractivity contribution is 0.355. The fraction of sp³-hybridized carbons (Fsp3) is 0.450. The topological polar surface area (TPSA) is 57.4 Å². The Labute approximate surface area is 142 Å². The minimum absolute atomic E-state index is 0.503. The van der Waals surface area contributed by atoms with Gasteiger partial charge in [0.15, 0.2) is 11.5 Å². The van der Waals surface area contributed by atoms with Gasteiger partial charge in [0.2, 0.25) is 0 Å². The maximum Gasteiger partial charge on any atom is 0.162 e. The molecule has 0 spiro atoms. The summed E-state index contributed by atoms with van der Waals surface area (Å²) in [7, 11) is 3.29. The van der Waals surface area contributed by atoms with Crippen LogP contribution in [-0.4, -0.2) is 19.2 Å². The van der Waals surface area contributed by atoms with Crippen molar-refractivity contribution in [3.8, 4) is 11.5 Å². The molecule has 2 aromatic rings. The fourth-order valence-electron chi connectivity index (χ4n) is 4.40. The molecule has 2 unspecified atom stereocenters. The zero-order valence-corrected chi connectivity index (χ0v) is 14.6. The number of ether oxygens (including phenoxy) is 2. The Hall–Kier alpha value is -2.23. The van der Waals surface area contributed by atoms with Crippen molar-refractivity contribution in [1.82, 2.24) is 4.98 Å². The Morgan fingerprint density at radius 2 is 1.92 bits per heavy atom. The van der Waals surface area contributed by atoms with E-state index in [4.69, 9.17) is 20.2 Å². The van der Waals surface area contributed by atoms with Crippen molar-refractivity contribution in [2.24, 2.45) is 5.92 Å². The van der Waals surface area contributed by atoms with Crippen molar-refractivity contribution in [2.45, 2.75) is 38.5 Å². The molecule has 1 heterocycles. The van der Waals surface area contributed by atoms with Crippen LogP contribution in [0.4, 0.5) is 5.69 Å². The Bertz CT molecular complexity index is 841. The van der Waals surface area contributed by atoms with Crippen LogP contribution in [0, 0.1) is 5.92 Å². The highest BCUT2D eigenvalue weighted by Gasteiger charge is 2.33. The first-order chi connectivity index (χ1) is 11.6. The maximum atomic E-state index is 6.62. The summed E-state index contributed by atoms with van der Waals surface area (Å²) in [5.41, 5.74) is 12.4. The predicted octanol–water partition coefficient (Wildman–Crippen LogP) is 4.22. The molecule has 0 saturated heterocycles. The van der Waals surface area contributed by atoms with Gasteiger partial charge in [-0.15, -0.1) is 0 Å². The summed E-state index contributed by atoms with van der Waals surface area (Å²) < 4.78 is 10.9. The van der Waals surface area contributed by atoms with E-state index in [0.717, 1.165) is 35.9 Å². The molecule has 4 heteroatoms. The highest BCUT2D eigenvalue weighted by atomic mass is 16.5. The summed E-state index contributed by atoms with van der Waals surface area (Å²) in [6.45, 7) is 2.24. The molecule has 126 valence electrons. The summed E-state index contributed by atoms with van der Waals surface area (Å²) in [4.78, 5) is 4.95. The molecule has 0 radical (unpaired) electrons. The van der Waals surface area contributed by atoms with Crippen molar-refractivity contribution in [1.29, 1.82) is 0 Å². The largest absolute Gasteiger partial charge is 0.493 e. The van der Waals surface area contributed by atoms with Gasteiger partial charge in [0.1, 0.15) is 0 Å². The van der Waals surface area contributed by atoms with Gasteiger partial charge >= 0.3 is 0 Å². The monoisotopic (exact) mass is 324 g/mol. The summed E-state index contributed by atoms with van der Waals surface area (Å²) in [6, 6.07) is 3.89. The van der Waals surface area contributed by atoms with Gasteiger partial charge in [-0.2, -0.15) is 0 Å². The van der Waals surface area contributed by atoms with Gasteiger partial charge in [0.05, 0.1) is 19.7 Å². The second-order valence-corrected chi connectivity index (χ2v) is 6.89. The first-order valence-corrected chi connectivity index (χ1v) is 8.68. The molecule has 4 nitrogen and oxygen atoms in total. The molecule has 2 atom stereocenters. The van der Waals surface area contributed by atoms with E-state index in [-0.39, 0.29) is 0 Å². The molecule has 0 saturated carbocycles. The zero-order valence-electron chi connectivity index (χ0n) is 14.6. The number of nitrogens with two attached hydrogens (primary N) is 1. The molecule has 2 N–H and O–H groups in total. The number of rotatable bonds is 3. The molecule has 1 aromatic heterocycles. The minimum Gasteiger partial charge on any atom is -0.493 e. The quantitative estimate of drug-likeness (QED) is 0.859. The first-order valence-electron chi connectivity index (χ1n) is 8.68. The lowest BCUT2D eigenvalue weighted by Crippen LogP contribution is -2.24. The van der Waals surface area contributed by atoms with Crippen LogP contribution in [0.15, 0.2) is 23.8 Å². The maximum absolute atomic E-state index is 6.62. The minimum atomic E-state index is 0.503. The number of benzene rings is 1. The van der Waals surface area contributed by atoms with Crippen LogP contribution in [-0.2, 0) is 6.42 Å². The summed E-state index contributed by atoms with van der Waals surface area (Å²) >= 11 is 0. The highest BCUT2D eigenvalue weighted by molar-refractivity contribution is 5.95. The smallest absolute Gasteiger partial charge is 0.162 e. The number of aromatic nitrogens is 1. The van der Waals surface area contributed by atoms with Gasteiger partial charge in [0, 0.05) is 28.4 Å². The third-order valence-corrected chi connectivity index (χ3v) is 5.53. The SMILES string of the molecule is CCC1=CC2Cc3nc4cc(OC)c(OC)cc4c(N)c3C(C1)C2. The normalized spacial score (nSPS) is 22.0. The van der Waals surface area contributed by atoms with Crippen LogP contribution in [0.25, 0.3) is 10.9 Å². The molecule has 2 aliphatic rings. The van der Waals surface area contributed by atoms with Gasteiger partial charge < -0.3 is 15.2 Å².